The van der Waals surface area contributed by atoms with Gasteiger partial charge in [0.1, 0.15) is 17.9 Å². The average molecular weight is 493 g/mol. The largest absolute Gasteiger partial charge is 0.462 e. The van der Waals surface area contributed by atoms with Gasteiger partial charge < -0.3 is 14.0 Å². The molecule has 11 nitrogen and oxygen atoms in total. The number of nitrogens with zero attached hydrogens (tertiary/aromatic N) is 1. The summed E-state index contributed by atoms with van der Waals surface area (Å²) >= 11 is 0. The van der Waals surface area contributed by atoms with E-state index in [2.05, 4.69) is 10.1 Å². The molecule has 1 aliphatic heterocycles. The molecule has 0 saturated carbocycles. The Kier molecular flexibility index (Phi) is 8.27. The van der Waals surface area contributed by atoms with E-state index in [0.29, 0.717) is 5.56 Å². The topological polar surface area (TPSA) is 138 Å². The third-order valence-corrected chi connectivity index (χ3v) is 6.30. The van der Waals surface area contributed by atoms with Crippen LogP contribution >= 0.6 is 7.75 Å². The molecule has 2 N–H and O–H groups in total. The predicted molar refractivity (Wildman–Crippen MR) is 124 cm³/mol. The zero-order chi connectivity index (χ0) is 24.9. The van der Waals surface area contributed by atoms with E-state index < -0.39 is 43.3 Å². The molecule has 2 aromatic rings. The first kappa shape index (κ1) is 25.6. The molecule has 1 unspecified atom stereocenters. The van der Waals surface area contributed by atoms with Gasteiger partial charge in [0.15, 0.2) is 6.23 Å². The summed E-state index contributed by atoms with van der Waals surface area (Å²) in [4.78, 5) is 38.1. The molecule has 0 saturated heterocycles. The van der Waals surface area contributed by atoms with Crippen molar-refractivity contribution in [2.75, 3.05) is 6.61 Å². The van der Waals surface area contributed by atoms with Crippen LogP contribution in [0, 0.1) is 6.92 Å². The maximum Gasteiger partial charge on any atom is 0.459 e. The van der Waals surface area contributed by atoms with Crippen molar-refractivity contribution >= 4 is 13.7 Å². The van der Waals surface area contributed by atoms with Crippen molar-refractivity contribution in [3.05, 3.63) is 75.1 Å². The first-order chi connectivity index (χ1) is 16.1. The van der Waals surface area contributed by atoms with Gasteiger partial charge in [-0.05, 0) is 45.9 Å². The van der Waals surface area contributed by atoms with Crippen LogP contribution in [0.1, 0.15) is 32.6 Å². The van der Waals surface area contributed by atoms with Gasteiger partial charge in [0.2, 0.25) is 0 Å². The molecule has 0 amide bonds. The summed E-state index contributed by atoms with van der Waals surface area (Å²) in [6.45, 7) is 6.27. The van der Waals surface area contributed by atoms with E-state index in [9.17, 15) is 18.9 Å². The summed E-state index contributed by atoms with van der Waals surface area (Å²) in [6.07, 6.45) is 2.86. The van der Waals surface area contributed by atoms with Gasteiger partial charge in [0.25, 0.3) is 5.56 Å². The minimum Gasteiger partial charge on any atom is -0.462 e. The highest BCUT2D eigenvalue weighted by Crippen LogP contribution is 2.45. The van der Waals surface area contributed by atoms with Crippen molar-refractivity contribution in [3.8, 4) is 5.75 Å². The summed E-state index contributed by atoms with van der Waals surface area (Å²) in [5.41, 5.74) is -0.745. The van der Waals surface area contributed by atoms with E-state index in [4.69, 9.17) is 18.5 Å². The maximum absolute atomic E-state index is 13.5. The van der Waals surface area contributed by atoms with E-state index in [0.717, 1.165) is 0 Å². The van der Waals surface area contributed by atoms with Crippen molar-refractivity contribution < 1.29 is 27.9 Å². The van der Waals surface area contributed by atoms with Gasteiger partial charge in [-0.25, -0.2) is 9.36 Å². The lowest BCUT2D eigenvalue weighted by molar-refractivity contribution is -0.149. The Balaban J connectivity index is 1.69. The second-order valence-electron chi connectivity index (χ2n) is 7.96. The van der Waals surface area contributed by atoms with Gasteiger partial charge in [-0.2, -0.15) is 5.09 Å². The minimum absolute atomic E-state index is 0.201. The molecule has 1 aromatic heterocycles. The SMILES string of the molecule is Cc1cn([C@H]2C=C[C@@H](COP(=O)(N[C@@H](C)C(=O)OC(C)C)Oc3ccccc3)O2)c(=O)[nH]c1=O. The number of ether oxygens (including phenoxy) is 2. The Morgan fingerprint density at radius 3 is 2.59 bits per heavy atom. The first-order valence-electron chi connectivity index (χ1n) is 10.7. The van der Waals surface area contributed by atoms with Gasteiger partial charge in [0, 0.05) is 11.8 Å². The number of para-hydroxylation sites is 1. The quantitative estimate of drug-likeness (QED) is 0.290. The number of esters is 1. The Morgan fingerprint density at radius 2 is 1.91 bits per heavy atom. The first-order valence-corrected chi connectivity index (χ1v) is 12.2. The maximum atomic E-state index is 13.5. The number of hydrogen-bond donors (Lipinski definition) is 2. The summed E-state index contributed by atoms with van der Waals surface area (Å²) in [5.74, 6) is -0.334. The van der Waals surface area contributed by atoms with Crippen LogP contribution in [-0.2, 0) is 23.4 Å². The Labute approximate surface area is 196 Å². The van der Waals surface area contributed by atoms with Crippen LogP contribution in [0.3, 0.4) is 0 Å². The van der Waals surface area contributed by atoms with Gasteiger partial charge in [-0.3, -0.25) is 23.7 Å². The van der Waals surface area contributed by atoms with Crippen molar-refractivity contribution in [2.24, 2.45) is 0 Å². The van der Waals surface area contributed by atoms with Gasteiger partial charge in [0.05, 0.1) is 12.7 Å². The van der Waals surface area contributed by atoms with Crippen molar-refractivity contribution in [2.45, 2.75) is 52.2 Å². The molecule has 3 rings (SSSR count). The highest BCUT2D eigenvalue weighted by Gasteiger charge is 2.34. The normalized spacial score (nSPS) is 20.1. The van der Waals surface area contributed by atoms with Crippen molar-refractivity contribution in [1.29, 1.82) is 0 Å². The monoisotopic (exact) mass is 493 g/mol. The molecule has 34 heavy (non-hydrogen) atoms. The van der Waals surface area contributed by atoms with Crippen LogP contribution in [0.25, 0.3) is 0 Å². The predicted octanol–water partition coefficient (Wildman–Crippen LogP) is 2.43. The second kappa shape index (κ2) is 11.0. The molecule has 0 spiro atoms. The number of nitrogens with one attached hydrogen (secondary N) is 2. The Morgan fingerprint density at radius 1 is 1.21 bits per heavy atom. The van der Waals surface area contributed by atoms with Crippen LogP contribution in [0.5, 0.6) is 5.75 Å². The molecule has 0 radical (unpaired) electrons. The number of aryl methyl sites for hydroxylation is 1. The van der Waals surface area contributed by atoms with E-state index in [1.165, 1.54) is 17.7 Å². The zero-order valence-electron chi connectivity index (χ0n) is 19.3. The Hall–Kier alpha value is -2.98. The number of carbonyl (C=O) groups is 1. The third-order valence-electron chi connectivity index (χ3n) is 4.66. The lowest BCUT2D eigenvalue weighted by Gasteiger charge is -2.24. The fourth-order valence-electron chi connectivity index (χ4n) is 3.02. The second-order valence-corrected chi connectivity index (χ2v) is 9.66. The number of H-pyrrole nitrogens is 1. The molecule has 12 heteroatoms. The fourth-order valence-corrected chi connectivity index (χ4v) is 4.53. The summed E-state index contributed by atoms with van der Waals surface area (Å²) in [6, 6.07) is 7.39. The molecular formula is C22H28N3O8P. The van der Waals surface area contributed by atoms with E-state index >= 15 is 0 Å². The molecule has 4 atom stereocenters. The smallest absolute Gasteiger partial charge is 0.459 e. The Bertz CT molecular complexity index is 1190. The lowest BCUT2D eigenvalue weighted by atomic mass is 10.3. The zero-order valence-corrected chi connectivity index (χ0v) is 20.2. The van der Waals surface area contributed by atoms with Gasteiger partial charge >= 0.3 is 19.4 Å². The van der Waals surface area contributed by atoms with E-state index in [1.54, 1.807) is 63.3 Å². The summed E-state index contributed by atoms with van der Waals surface area (Å²) in [7, 11) is -4.04. The van der Waals surface area contributed by atoms with Crippen LogP contribution in [0.2, 0.25) is 0 Å². The molecule has 0 fully saturated rings. The summed E-state index contributed by atoms with van der Waals surface area (Å²) < 4.78 is 36.8. The fraction of sp³-hybridized carbons (Fsp3) is 0.409. The van der Waals surface area contributed by atoms with Gasteiger partial charge in [-0.1, -0.05) is 24.3 Å². The molecule has 0 bridgehead atoms. The number of hydrogen-bond acceptors (Lipinski definition) is 8. The molecule has 0 aliphatic carbocycles. The standard InChI is InChI=1S/C22H28N3O8P/c1-14(2)31-21(27)16(4)24-34(29,33-17-8-6-5-7-9-17)30-13-18-10-11-19(32-18)25-12-15(3)20(26)23-22(25)28/h5-12,14,16,18-19H,13H2,1-4H3,(H,24,29)(H,23,26,28)/t16-,18-,19+,34?/m0/s1. The number of aromatic amines is 1. The minimum atomic E-state index is -4.04. The van der Waals surface area contributed by atoms with Crippen molar-refractivity contribution in [3.63, 3.8) is 0 Å². The third kappa shape index (κ3) is 6.77. The van der Waals surface area contributed by atoms with Crippen LogP contribution in [-0.4, -0.2) is 40.4 Å². The molecule has 1 aromatic carbocycles. The molecular weight excluding hydrogens is 465 g/mol. The van der Waals surface area contributed by atoms with E-state index in [1.807, 2.05) is 0 Å². The highest BCUT2D eigenvalue weighted by molar-refractivity contribution is 7.52. The van der Waals surface area contributed by atoms with Crippen LogP contribution in [0.15, 0.2) is 58.3 Å². The summed E-state index contributed by atoms with van der Waals surface area (Å²) in [5, 5.41) is 2.60. The molecule has 2 heterocycles. The van der Waals surface area contributed by atoms with Gasteiger partial charge in [-0.15, -0.1) is 0 Å². The highest BCUT2D eigenvalue weighted by atomic mass is 31.2. The van der Waals surface area contributed by atoms with Crippen LogP contribution in [0.4, 0.5) is 0 Å². The molecule has 184 valence electrons. The number of rotatable bonds is 10. The average Bonchev–Trinajstić information content (AvgIpc) is 3.24. The number of benzene rings is 1. The number of carbonyl (C=O) groups excluding carboxylic acids is 1. The number of aromatic nitrogens is 2. The van der Waals surface area contributed by atoms with E-state index in [-0.39, 0.29) is 18.5 Å². The van der Waals surface area contributed by atoms with Crippen molar-refractivity contribution in [1.82, 2.24) is 14.6 Å². The lowest BCUT2D eigenvalue weighted by Crippen LogP contribution is -2.37. The molecule has 1 aliphatic rings. The van der Waals surface area contributed by atoms with Crippen LogP contribution < -0.4 is 20.9 Å².